The Balaban J connectivity index is 1.48. The van der Waals surface area contributed by atoms with Gasteiger partial charge in [-0.3, -0.25) is 4.79 Å². The maximum absolute atomic E-state index is 13.5. The number of amides is 1. The van der Waals surface area contributed by atoms with Gasteiger partial charge in [0.1, 0.15) is 0 Å². The highest BCUT2D eigenvalue weighted by atomic mass is 19.1. The van der Waals surface area contributed by atoms with Crippen molar-refractivity contribution in [2.45, 2.75) is 18.8 Å². The molecule has 1 aliphatic heterocycles. The quantitative estimate of drug-likeness (QED) is 0.775. The number of benzene rings is 2. The molecule has 0 unspecified atom stereocenters. The zero-order valence-corrected chi connectivity index (χ0v) is 14.8. The highest BCUT2D eigenvalue weighted by molar-refractivity contribution is 5.76. The number of para-hydroxylation sites is 1. The normalized spacial score (nSPS) is 19.5. The van der Waals surface area contributed by atoms with E-state index < -0.39 is 0 Å². The minimum atomic E-state index is -0.380. The van der Waals surface area contributed by atoms with Gasteiger partial charge in [-0.2, -0.15) is 0 Å². The average Bonchev–Trinajstić information content (AvgIpc) is 3.11. The molecule has 3 rings (SSSR count). The molecule has 2 N–H and O–H groups in total. The second-order valence-electron chi connectivity index (χ2n) is 6.69. The number of hydrogen-bond donors (Lipinski definition) is 1. The number of carbonyl (C=O) groups is 1. The molecular formula is C21H25FN2O2. The number of nitrogens with two attached hydrogens (primary N) is 1. The first-order valence-electron chi connectivity index (χ1n) is 9.09. The van der Waals surface area contributed by atoms with E-state index in [-0.39, 0.29) is 23.4 Å². The third kappa shape index (κ3) is 4.41. The van der Waals surface area contributed by atoms with Gasteiger partial charge in [0, 0.05) is 25.4 Å². The molecule has 0 radical (unpaired) electrons. The Morgan fingerprint density at radius 1 is 1.12 bits per heavy atom. The van der Waals surface area contributed by atoms with Crippen molar-refractivity contribution in [2.75, 3.05) is 26.2 Å². The number of carbonyl (C=O) groups excluding carboxylic acids is 1. The third-order valence-corrected chi connectivity index (χ3v) is 4.95. The molecule has 0 bridgehead atoms. The summed E-state index contributed by atoms with van der Waals surface area (Å²) < 4.78 is 18.9. The Morgan fingerprint density at radius 2 is 1.85 bits per heavy atom. The van der Waals surface area contributed by atoms with Crippen LogP contribution in [0, 0.1) is 11.7 Å². The molecule has 1 heterocycles. The van der Waals surface area contributed by atoms with Crippen LogP contribution in [0.2, 0.25) is 0 Å². The van der Waals surface area contributed by atoms with Crippen LogP contribution >= 0.6 is 0 Å². The summed E-state index contributed by atoms with van der Waals surface area (Å²) in [5.74, 6) is 0.540. The van der Waals surface area contributed by atoms with E-state index >= 15 is 0 Å². The predicted molar refractivity (Wildman–Crippen MR) is 99.4 cm³/mol. The van der Waals surface area contributed by atoms with Crippen LogP contribution in [0.15, 0.2) is 54.6 Å². The van der Waals surface area contributed by atoms with E-state index in [1.54, 1.807) is 18.2 Å². The molecule has 5 heteroatoms. The maximum atomic E-state index is 13.5. The van der Waals surface area contributed by atoms with E-state index in [4.69, 9.17) is 10.5 Å². The summed E-state index contributed by atoms with van der Waals surface area (Å²) in [5, 5.41) is 0. The predicted octanol–water partition coefficient (Wildman–Crippen LogP) is 3.19. The van der Waals surface area contributed by atoms with E-state index in [1.165, 1.54) is 11.6 Å². The van der Waals surface area contributed by atoms with Crippen molar-refractivity contribution < 1.29 is 13.9 Å². The Labute approximate surface area is 153 Å². The first-order chi connectivity index (χ1) is 12.7. The van der Waals surface area contributed by atoms with Gasteiger partial charge in [-0.15, -0.1) is 0 Å². The third-order valence-electron chi connectivity index (χ3n) is 4.95. The van der Waals surface area contributed by atoms with Gasteiger partial charge in [-0.1, -0.05) is 42.5 Å². The molecule has 0 saturated carbocycles. The van der Waals surface area contributed by atoms with E-state index in [2.05, 4.69) is 12.1 Å². The molecule has 1 amide bonds. The van der Waals surface area contributed by atoms with Crippen LogP contribution in [0.1, 0.15) is 24.3 Å². The molecule has 2 aromatic rings. The number of likely N-dealkylation sites (tertiary alicyclic amines) is 1. The van der Waals surface area contributed by atoms with Gasteiger partial charge in [0.05, 0.1) is 6.61 Å². The second kappa shape index (κ2) is 8.81. The monoisotopic (exact) mass is 356 g/mol. The van der Waals surface area contributed by atoms with Crippen LogP contribution in [0.4, 0.5) is 4.39 Å². The Hall–Kier alpha value is -2.40. The lowest BCUT2D eigenvalue weighted by Gasteiger charge is -2.17. The average molecular weight is 356 g/mol. The lowest BCUT2D eigenvalue weighted by molar-refractivity contribution is -0.130. The van der Waals surface area contributed by atoms with Gasteiger partial charge >= 0.3 is 0 Å². The molecule has 2 atom stereocenters. The fraction of sp³-hybridized carbons (Fsp3) is 0.381. The van der Waals surface area contributed by atoms with Crippen molar-refractivity contribution in [3.05, 3.63) is 66.0 Å². The first-order valence-corrected chi connectivity index (χ1v) is 9.09. The van der Waals surface area contributed by atoms with Gasteiger partial charge in [-0.25, -0.2) is 4.39 Å². The number of halogens is 1. The molecule has 1 saturated heterocycles. The fourth-order valence-electron chi connectivity index (χ4n) is 3.52. The number of ether oxygens (including phenoxy) is 1. The molecular weight excluding hydrogens is 331 g/mol. The van der Waals surface area contributed by atoms with Crippen molar-refractivity contribution in [3.8, 4) is 5.75 Å². The summed E-state index contributed by atoms with van der Waals surface area (Å²) in [6, 6.07) is 16.5. The molecule has 0 aliphatic carbocycles. The van der Waals surface area contributed by atoms with Crippen LogP contribution in [0.3, 0.4) is 0 Å². The SMILES string of the molecule is NC[C@@H]1CN(C(=O)CCCOc2ccccc2F)C[C@H]1c1ccccc1. The van der Waals surface area contributed by atoms with Gasteiger partial charge in [0.2, 0.25) is 5.91 Å². The summed E-state index contributed by atoms with van der Waals surface area (Å²) >= 11 is 0. The van der Waals surface area contributed by atoms with Crippen LogP contribution in [-0.2, 0) is 4.79 Å². The highest BCUT2D eigenvalue weighted by Crippen LogP contribution is 2.32. The minimum absolute atomic E-state index is 0.110. The topological polar surface area (TPSA) is 55.6 Å². The summed E-state index contributed by atoms with van der Waals surface area (Å²) in [4.78, 5) is 14.4. The van der Waals surface area contributed by atoms with Crippen LogP contribution in [0.5, 0.6) is 5.75 Å². The van der Waals surface area contributed by atoms with E-state index in [9.17, 15) is 9.18 Å². The molecule has 2 aromatic carbocycles. The van der Waals surface area contributed by atoms with Crippen LogP contribution < -0.4 is 10.5 Å². The molecule has 4 nitrogen and oxygen atoms in total. The van der Waals surface area contributed by atoms with Crippen LogP contribution in [-0.4, -0.2) is 37.0 Å². The van der Waals surface area contributed by atoms with E-state index in [0.29, 0.717) is 45.0 Å². The van der Waals surface area contributed by atoms with Gasteiger partial charge in [-0.05, 0) is 36.6 Å². The van der Waals surface area contributed by atoms with E-state index in [1.807, 2.05) is 23.1 Å². The lowest BCUT2D eigenvalue weighted by atomic mass is 9.89. The first kappa shape index (κ1) is 18.4. The Morgan fingerprint density at radius 3 is 2.58 bits per heavy atom. The van der Waals surface area contributed by atoms with Gasteiger partial charge < -0.3 is 15.4 Å². The summed E-state index contributed by atoms with van der Waals surface area (Å²) in [5.41, 5.74) is 7.17. The number of hydrogen-bond acceptors (Lipinski definition) is 3. The van der Waals surface area contributed by atoms with Gasteiger partial charge in [0.25, 0.3) is 0 Å². The molecule has 138 valence electrons. The standard InChI is InChI=1S/C21H25FN2O2/c22-19-9-4-5-10-20(19)26-12-6-11-21(25)24-14-17(13-23)18(15-24)16-7-2-1-3-8-16/h1-5,7-10,17-18H,6,11-15,23H2/t17-,18+/m1/s1. The summed E-state index contributed by atoms with van der Waals surface area (Å²) in [6.07, 6.45) is 0.959. The minimum Gasteiger partial charge on any atom is -0.491 e. The molecule has 0 aromatic heterocycles. The fourth-order valence-corrected chi connectivity index (χ4v) is 3.52. The van der Waals surface area contributed by atoms with Crippen molar-refractivity contribution in [1.82, 2.24) is 4.90 Å². The van der Waals surface area contributed by atoms with Crippen molar-refractivity contribution in [3.63, 3.8) is 0 Å². The van der Waals surface area contributed by atoms with Crippen molar-refractivity contribution in [2.24, 2.45) is 11.7 Å². The number of rotatable bonds is 7. The van der Waals surface area contributed by atoms with E-state index in [0.717, 1.165) is 0 Å². The van der Waals surface area contributed by atoms with Crippen molar-refractivity contribution >= 4 is 5.91 Å². The zero-order valence-electron chi connectivity index (χ0n) is 14.8. The summed E-state index contributed by atoms with van der Waals surface area (Å²) in [7, 11) is 0. The largest absolute Gasteiger partial charge is 0.491 e. The Bertz CT molecular complexity index is 723. The molecule has 1 fully saturated rings. The smallest absolute Gasteiger partial charge is 0.222 e. The molecule has 0 spiro atoms. The van der Waals surface area contributed by atoms with Gasteiger partial charge in [0.15, 0.2) is 11.6 Å². The lowest BCUT2D eigenvalue weighted by Crippen LogP contribution is -2.29. The second-order valence-corrected chi connectivity index (χ2v) is 6.69. The zero-order chi connectivity index (χ0) is 18.4. The van der Waals surface area contributed by atoms with Crippen molar-refractivity contribution in [1.29, 1.82) is 0 Å². The molecule has 1 aliphatic rings. The summed E-state index contributed by atoms with van der Waals surface area (Å²) in [6.45, 7) is 2.30. The Kier molecular flexibility index (Phi) is 6.23. The highest BCUT2D eigenvalue weighted by Gasteiger charge is 2.34. The maximum Gasteiger partial charge on any atom is 0.222 e. The molecule has 26 heavy (non-hydrogen) atoms. The van der Waals surface area contributed by atoms with Crippen LogP contribution in [0.25, 0.3) is 0 Å². The number of nitrogens with zero attached hydrogens (tertiary/aromatic N) is 1.